The Bertz CT molecular complexity index is 724. The summed E-state index contributed by atoms with van der Waals surface area (Å²) in [4.78, 5) is 0. The minimum atomic E-state index is 0.478. The molecule has 9 heteroatoms. The van der Waals surface area contributed by atoms with Crippen molar-refractivity contribution in [2.45, 2.75) is 0 Å². The van der Waals surface area contributed by atoms with Gasteiger partial charge in [0.2, 0.25) is 5.82 Å². The lowest BCUT2D eigenvalue weighted by molar-refractivity contribution is 0.859. The first-order valence-electron chi connectivity index (χ1n) is 5.09. The predicted molar refractivity (Wildman–Crippen MR) is 79.5 cm³/mol. The first-order valence-corrected chi connectivity index (χ1v) is 6.93. The van der Waals surface area contributed by atoms with Crippen LogP contribution in [0.4, 0.5) is 0 Å². The number of aromatic amines is 1. The van der Waals surface area contributed by atoms with Crippen LogP contribution in [0.5, 0.6) is 0 Å². The van der Waals surface area contributed by atoms with Gasteiger partial charge in [0.1, 0.15) is 3.70 Å². The van der Waals surface area contributed by atoms with E-state index in [-0.39, 0.29) is 0 Å². The number of tetrazole rings is 1. The molecule has 0 saturated carbocycles. The molecule has 6 nitrogen and oxygen atoms in total. The Kier molecular flexibility index (Phi) is 3.42. The number of hydrogen-bond acceptors (Lipinski definition) is 4. The Morgan fingerprint density at radius 1 is 1.21 bits per heavy atom. The molecule has 0 radical (unpaired) electrons. The molecule has 2 heterocycles. The summed E-state index contributed by atoms with van der Waals surface area (Å²) in [5.41, 5.74) is 1.61. The van der Waals surface area contributed by atoms with Crippen molar-refractivity contribution in [1.29, 1.82) is 0 Å². The van der Waals surface area contributed by atoms with Gasteiger partial charge in [-0.2, -0.15) is 10.3 Å². The minimum Gasteiger partial charge on any atom is -0.227 e. The average molecular weight is 407 g/mol. The molecule has 0 amide bonds. The van der Waals surface area contributed by atoms with E-state index in [0.717, 1.165) is 15.0 Å². The number of H-pyrrole nitrogens is 1. The molecule has 1 aromatic carbocycles. The Morgan fingerprint density at radius 3 is 2.74 bits per heavy atom. The van der Waals surface area contributed by atoms with Crippen molar-refractivity contribution in [3.63, 3.8) is 0 Å². The lowest BCUT2D eigenvalue weighted by atomic mass is 10.3. The third-order valence-corrected chi connectivity index (χ3v) is 4.22. The first-order chi connectivity index (χ1) is 9.16. The van der Waals surface area contributed by atoms with Gasteiger partial charge < -0.3 is 0 Å². The van der Waals surface area contributed by atoms with E-state index in [1.165, 1.54) is 0 Å². The smallest absolute Gasteiger partial charge is 0.208 e. The molecule has 2 aromatic heterocycles. The van der Waals surface area contributed by atoms with E-state index >= 15 is 0 Å². The van der Waals surface area contributed by atoms with Crippen molar-refractivity contribution in [3.05, 3.63) is 38.1 Å². The molecule has 0 bridgehead atoms. The fourth-order valence-corrected chi connectivity index (χ4v) is 2.63. The van der Waals surface area contributed by atoms with Gasteiger partial charge in [0.25, 0.3) is 0 Å². The van der Waals surface area contributed by atoms with E-state index in [0.29, 0.717) is 15.9 Å². The van der Waals surface area contributed by atoms with Gasteiger partial charge in [-0.05, 0) is 46.0 Å². The normalized spacial score (nSPS) is 10.9. The molecular weight excluding hydrogens is 402 g/mol. The summed E-state index contributed by atoms with van der Waals surface area (Å²) in [5.74, 6) is 0.496. The Hall–Kier alpha value is -1.19. The lowest BCUT2D eigenvalue weighted by Gasteiger charge is -2.05. The van der Waals surface area contributed by atoms with Crippen molar-refractivity contribution in [1.82, 2.24) is 30.4 Å². The van der Waals surface area contributed by atoms with Crippen LogP contribution in [-0.2, 0) is 0 Å². The summed E-state index contributed by atoms with van der Waals surface area (Å²) in [6.45, 7) is 0. The highest BCUT2D eigenvalue weighted by atomic mass is 127. The Labute approximate surface area is 131 Å². The zero-order chi connectivity index (χ0) is 13.4. The van der Waals surface area contributed by atoms with Crippen molar-refractivity contribution in [2.75, 3.05) is 0 Å². The summed E-state index contributed by atoms with van der Waals surface area (Å²) in [6, 6.07) is 5.31. The Morgan fingerprint density at radius 2 is 2.05 bits per heavy atom. The van der Waals surface area contributed by atoms with Gasteiger partial charge in [0.05, 0.1) is 27.5 Å². The first kappa shape index (κ1) is 12.8. The summed E-state index contributed by atoms with van der Waals surface area (Å²) in [7, 11) is 0. The molecule has 3 rings (SSSR count). The van der Waals surface area contributed by atoms with E-state index in [2.05, 4.69) is 48.3 Å². The van der Waals surface area contributed by atoms with Crippen molar-refractivity contribution < 1.29 is 0 Å². The average Bonchev–Trinajstić information content (AvgIpc) is 3.02. The zero-order valence-electron chi connectivity index (χ0n) is 9.18. The molecule has 19 heavy (non-hydrogen) atoms. The molecule has 0 atom stereocenters. The molecule has 0 aliphatic heterocycles. The van der Waals surface area contributed by atoms with Gasteiger partial charge in [0, 0.05) is 0 Å². The van der Waals surface area contributed by atoms with Gasteiger partial charge in [-0.25, -0.2) is 4.68 Å². The topological polar surface area (TPSA) is 72.3 Å². The van der Waals surface area contributed by atoms with Crippen LogP contribution in [0, 0.1) is 3.70 Å². The molecule has 0 spiro atoms. The van der Waals surface area contributed by atoms with Crippen molar-refractivity contribution >= 4 is 45.8 Å². The molecule has 96 valence electrons. The summed E-state index contributed by atoms with van der Waals surface area (Å²) >= 11 is 14.1. The van der Waals surface area contributed by atoms with Gasteiger partial charge in [-0.3, -0.25) is 0 Å². The van der Waals surface area contributed by atoms with Crippen LogP contribution in [0.25, 0.3) is 17.1 Å². The second-order valence-corrected chi connectivity index (χ2v) is 5.43. The second kappa shape index (κ2) is 5.06. The number of hydrogen-bond donors (Lipinski definition) is 1. The molecule has 1 N–H and O–H groups in total. The predicted octanol–water partition coefficient (Wildman–Crippen LogP) is 2.96. The highest BCUT2D eigenvalue weighted by Crippen LogP contribution is 2.27. The number of rotatable bonds is 2. The monoisotopic (exact) mass is 406 g/mol. The highest BCUT2D eigenvalue weighted by molar-refractivity contribution is 14.1. The van der Waals surface area contributed by atoms with Crippen molar-refractivity contribution in [2.24, 2.45) is 0 Å². The van der Waals surface area contributed by atoms with Crippen LogP contribution in [0.1, 0.15) is 0 Å². The maximum absolute atomic E-state index is 6.01. The number of nitrogens with zero attached hydrogens (tertiary/aromatic N) is 5. The van der Waals surface area contributed by atoms with Crippen LogP contribution < -0.4 is 0 Å². The third kappa shape index (κ3) is 2.33. The SMILES string of the molecule is Clc1ccc(-n2ncc(-c3nn[nH]n3)c2I)cc1Cl. The molecular formula is C10H5Cl2IN6. The fraction of sp³-hybridized carbons (Fsp3) is 0. The maximum Gasteiger partial charge on any atom is 0.208 e. The van der Waals surface area contributed by atoms with Gasteiger partial charge in [-0.15, -0.1) is 10.2 Å². The molecule has 0 saturated heterocycles. The molecule has 0 fully saturated rings. The number of nitrogens with one attached hydrogen (secondary N) is 1. The van der Waals surface area contributed by atoms with E-state index in [1.807, 2.05) is 6.07 Å². The van der Waals surface area contributed by atoms with Crippen LogP contribution in [0.15, 0.2) is 24.4 Å². The zero-order valence-corrected chi connectivity index (χ0v) is 12.8. The maximum atomic E-state index is 6.01. The van der Waals surface area contributed by atoms with Gasteiger partial charge in [-0.1, -0.05) is 23.2 Å². The van der Waals surface area contributed by atoms with E-state index < -0.39 is 0 Å². The summed E-state index contributed by atoms with van der Waals surface area (Å²) in [6.07, 6.45) is 1.68. The minimum absolute atomic E-state index is 0.478. The Balaban J connectivity index is 2.09. The van der Waals surface area contributed by atoms with Gasteiger partial charge in [0.15, 0.2) is 0 Å². The molecule has 0 aliphatic carbocycles. The summed E-state index contributed by atoms with van der Waals surface area (Å²) in [5, 5.41) is 19.1. The quantitative estimate of drug-likeness (QED) is 0.664. The highest BCUT2D eigenvalue weighted by Gasteiger charge is 2.15. The van der Waals surface area contributed by atoms with E-state index in [4.69, 9.17) is 23.2 Å². The van der Waals surface area contributed by atoms with Gasteiger partial charge >= 0.3 is 0 Å². The standard InChI is InChI=1S/C10H5Cl2IN6/c11-7-2-1-5(3-8(7)12)19-9(13)6(4-14-19)10-15-17-18-16-10/h1-4H,(H,15,16,17,18). The molecule has 0 aliphatic rings. The fourth-order valence-electron chi connectivity index (χ4n) is 1.56. The molecule has 3 aromatic rings. The van der Waals surface area contributed by atoms with Crippen molar-refractivity contribution in [3.8, 4) is 17.1 Å². The number of halogens is 3. The van der Waals surface area contributed by atoms with Crippen LogP contribution in [0.2, 0.25) is 10.0 Å². The third-order valence-electron chi connectivity index (χ3n) is 2.44. The largest absolute Gasteiger partial charge is 0.227 e. The molecule has 0 unspecified atom stereocenters. The summed E-state index contributed by atoms with van der Waals surface area (Å²) < 4.78 is 2.59. The second-order valence-electron chi connectivity index (χ2n) is 3.59. The number of aromatic nitrogens is 6. The van der Waals surface area contributed by atoms with E-state index in [1.54, 1.807) is 23.0 Å². The van der Waals surface area contributed by atoms with Crippen LogP contribution in [0.3, 0.4) is 0 Å². The van der Waals surface area contributed by atoms with Crippen LogP contribution in [-0.4, -0.2) is 30.4 Å². The van der Waals surface area contributed by atoms with Crippen LogP contribution >= 0.6 is 45.8 Å². The lowest BCUT2D eigenvalue weighted by Crippen LogP contribution is -1.99. The van der Waals surface area contributed by atoms with E-state index in [9.17, 15) is 0 Å². The number of benzene rings is 1.